The highest BCUT2D eigenvalue weighted by Gasteiger charge is 2.47. The van der Waals surface area contributed by atoms with Crippen molar-refractivity contribution in [1.29, 1.82) is 0 Å². The summed E-state index contributed by atoms with van der Waals surface area (Å²) in [6.45, 7) is 1.92. The topological polar surface area (TPSA) is 36.9 Å². The number of hydrogen-bond donors (Lipinski definition) is 0. The lowest BCUT2D eigenvalue weighted by atomic mass is 10.5. The molecule has 0 aromatic carbocycles. The predicted molar refractivity (Wildman–Crippen MR) is 47.8 cm³/mol. The van der Waals surface area contributed by atoms with Crippen LogP contribution >= 0.6 is 11.9 Å². The van der Waals surface area contributed by atoms with Gasteiger partial charge in [0.1, 0.15) is 5.73 Å². The molecule has 12 heavy (non-hydrogen) atoms. The molecule has 0 heterocycles. The van der Waals surface area contributed by atoms with E-state index >= 15 is 0 Å². The van der Waals surface area contributed by atoms with E-state index in [2.05, 4.69) is 0 Å². The van der Waals surface area contributed by atoms with Crippen molar-refractivity contribution in [3.63, 3.8) is 0 Å². The molecule has 0 saturated carbocycles. The van der Waals surface area contributed by atoms with Crippen LogP contribution in [-0.4, -0.2) is 35.9 Å². The van der Waals surface area contributed by atoms with Crippen molar-refractivity contribution in [2.24, 2.45) is 0 Å². The van der Waals surface area contributed by atoms with Gasteiger partial charge in [-0.1, -0.05) is 6.92 Å². The minimum atomic E-state index is -2.70. The largest absolute Gasteiger partial charge is 0.532 e. The molecule has 4 nitrogen and oxygen atoms in total. The molecule has 0 rings (SSSR count). The Kier molecular flexibility index (Phi) is 6.07. The Labute approximate surface area is 79.2 Å². The summed E-state index contributed by atoms with van der Waals surface area (Å²) < 4.78 is 20.2. The summed E-state index contributed by atoms with van der Waals surface area (Å²) in [6, 6.07) is 0. The highest BCUT2D eigenvalue weighted by molar-refractivity contribution is 6.62. The summed E-state index contributed by atoms with van der Waals surface area (Å²) in [5.41, 5.74) is -0.320. The highest BCUT2D eigenvalue weighted by atomic mass is 35.5. The molecule has 0 aromatic heterocycles. The smallest absolute Gasteiger partial charge is 0.375 e. The van der Waals surface area contributed by atoms with Gasteiger partial charge >= 0.3 is 8.80 Å². The third-order valence-electron chi connectivity index (χ3n) is 1.73. The Balaban J connectivity index is 4.42. The Hall–Kier alpha value is 0.347. The van der Waals surface area contributed by atoms with Crippen molar-refractivity contribution in [3.8, 4) is 0 Å². The van der Waals surface area contributed by atoms with Crippen molar-refractivity contribution in [2.45, 2.75) is 19.1 Å². The molecule has 0 saturated heterocycles. The van der Waals surface area contributed by atoms with Crippen LogP contribution < -0.4 is 0 Å². The quantitative estimate of drug-likeness (QED) is 0.626. The normalized spacial score (nSPS) is 14.8. The first-order chi connectivity index (χ1) is 5.70. The van der Waals surface area contributed by atoms with Crippen molar-refractivity contribution in [3.05, 3.63) is 0 Å². The fraction of sp³-hybridized carbons (Fsp3) is 1.00. The van der Waals surface area contributed by atoms with Crippen LogP contribution in [0.1, 0.15) is 13.3 Å². The third kappa shape index (κ3) is 2.42. The van der Waals surface area contributed by atoms with Gasteiger partial charge in [0.15, 0.2) is 0 Å². The second-order valence-corrected chi connectivity index (χ2v) is 5.46. The number of rotatable bonds is 6. The maximum absolute atomic E-state index is 5.28. The zero-order chi connectivity index (χ0) is 9.61. The van der Waals surface area contributed by atoms with E-state index in [1.54, 1.807) is 0 Å². The molecule has 0 amide bonds. The fourth-order valence-electron chi connectivity index (χ4n) is 1.01. The summed E-state index contributed by atoms with van der Waals surface area (Å²) >= 11 is 5.28. The van der Waals surface area contributed by atoms with Crippen molar-refractivity contribution in [1.82, 2.24) is 0 Å². The summed E-state index contributed by atoms with van der Waals surface area (Å²) in [7, 11) is 1.88. The molecule has 1 atom stereocenters. The van der Waals surface area contributed by atoms with E-state index in [4.69, 9.17) is 29.4 Å². The van der Waals surface area contributed by atoms with Crippen LogP contribution in [0.15, 0.2) is 0 Å². The lowest BCUT2D eigenvalue weighted by molar-refractivity contribution is 0.0703. The van der Waals surface area contributed by atoms with Crippen molar-refractivity contribution in [2.75, 3.05) is 21.3 Å². The Bertz CT molecular complexity index is 108. The second kappa shape index (κ2) is 5.90. The summed E-state index contributed by atoms with van der Waals surface area (Å²) in [6.07, 6.45) is 0.686. The van der Waals surface area contributed by atoms with Crippen LogP contribution in [0.2, 0.25) is 0 Å². The van der Waals surface area contributed by atoms with Gasteiger partial charge in [-0.15, -0.1) is 0 Å². The molecule has 0 aliphatic heterocycles. The van der Waals surface area contributed by atoms with Gasteiger partial charge in [0.05, 0.1) is 11.9 Å². The van der Waals surface area contributed by atoms with E-state index in [1.165, 1.54) is 21.3 Å². The molecular weight excluding hydrogens is 200 g/mol. The molecule has 0 radical (unpaired) electrons. The summed E-state index contributed by atoms with van der Waals surface area (Å²) in [5, 5.41) is 0. The molecule has 0 N–H and O–H groups in total. The van der Waals surface area contributed by atoms with Gasteiger partial charge in [-0.25, -0.2) is 0 Å². The van der Waals surface area contributed by atoms with Gasteiger partial charge in [0, 0.05) is 21.3 Å². The first kappa shape index (κ1) is 12.3. The van der Waals surface area contributed by atoms with Gasteiger partial charge in [-0.2, -0.15) is 0 Å². The average molecular weight is 215 g/mol. The zero-order valence-corrected chi connectivity index (χ0v) is 9.55. The predicted octanol–water partition coefficient (Wildman–Crippen LogP) is 1.35. The van der Waals surface area contributed by atoms with E-state index in [0.29, 0.717) is 6.42 Å². The van der Waals surface area contributed by atoms with Gasteiger partial charge in [0.25, 0.3) is 0 Å². The molecule has 74 valence electrons. The maximum Gasteiger partial charge on any atom is 0.532 e. The number of hydrogen-bond acceptors (Lipinski definition) is 4. The van der Waals surface area contributed by atoms with Gasteiger partial charge in [-0.05, 0) is 6.42 Å². The van der Waals surface area contributed by atoms with Gasteiger partial charge < -0.3 is 13.3 Å². The minimum Gasteiger partial charge on any atom is -0.375 e. The molecule has 0 aromatic rings. The van der Waals surface area contributed by atoms with E-state index < -0.39 is 8.80 Å². The first-order valence-corrected chi connectivity index (χ1v) is 5.74. The molecule has 1 unspecified atom stereocenters. The summed E-state index contributed by atoms with van der Waals surface area (Å²) in [5.74, 6) is 0. The number of halogens is 1. The van der Waals surface area contributed by atoms with Gasteiger partial charge in [-0.3, -0.25) is 4.29 Å². The molecule has 6 heteroatoms. The van der Waals surface area contributed by atoms with E-state index in [-0.39, 0.29) is 5.73 Å². The SMILES string of the molecule is CCC(OCl)[Si](OC)(OC)OC. The lowest BCUT2D eigenvalue weighted by Gasteiger charge is -2.29. The fourth-order valence-corrected chi connectivity index (χ4v) is 3.36. The van der Waals surface area contributed by atoms with E-state index in [9.17, 15) is 0 Å². The molecule has 0 aliphatic carbocycles. The average Bonchev–Trinajstić information content (AvgIpc) is 2.14. The maximum atomic E-state index is 5.28. The van der Waals surface area contributed by atoms with Crippen molar-refractivity contribution >= 4 is 20.7 Å². The van der Waals surface area contributed by atoms with E-state index in [1.807, 2.05) is 6.92 Å². The molecule has 0 aliphatic rings. The van der Waals surface area contributed by atoms with E-state index in [0.717, 1.165) is 0 Å². The van der Waals surface area contributed by atoms with Crippen LogP contribution in [-0.2, 0) is 17.6 Å². The van der Waals surface area contributed by atoms with Crippen LogP contribution in [0.4, 0.5) is 0 Å². The van der Waals surface area contributed by atoms with Crippen LogP contribution in [0, 0.1) is 0 Å². The highest BCUT2D eigenvalue weighted by Crippen LogP contribution is 2.18. The molecule has 0 fully saturated rings. The summed E-state index contributed by atoms with van der Waals surface area (Å²) in [4.78, 5) is 0. The molecule has 0 spiro atoms. The van der Waals surface area contributed by atoms with Gasteiger partial charge in [0.2, 0.25) is 0 Å². The Morgan fingerprint density at radius 2 is 1.58 bits per heavy atom. The van der Waals surface area contributed by atoms with Crippen LogP contribution in [0.5, 0.6) is 0 Å². The molecule has 0 bridgehead atoms. The Morgan fingerprint density at radius 3 is 1.67 bits per heavy atom. The molecular formula is C6H15ClO4Si. The lowest BCUT2D eigenvalue weighted by Crippen LogP contribution is -2.54. The first-order valence-electron chi connectivity index (χ1n) is 3.63. The minimum absolute atomic E-state index is 0.320. The van der Waals surface area contributed by atoms with Crippen molar-refractivity contribution < 1.29 is 17.6 Å². The Morgan fingerprint density at radius 1 is 1.17 bits per heavy atom. The zero-order valence-electron chi connectivity index (χ0n) is 7.80. The van der Waals surface area contributed by atoms with Crippen LogP contribution in [0.3, 0.4) is 0 Å². The standard InChI is InChI=1S/C6H15ClO4Si/c1-5-6(11-7)12(8-2,9-3)10-4/h6H,5H2,1-4H3. The third-order valence-corrected chi connectivity index (χ3v) is 5.11. The second-order valence-electron chi connectivity index (χ2n) is 2.20. The monoisotopic (exact) mass is 214 g/mol. The van der Waals surface area contributed by atoms with Crippen LogP contribution in [0.25, 0.3) is 0 Å².